The molecule has 1 aromatic rings. The molecule has 0 spiro atoms. The Morgan fingerprint density at radius 1 is 1.44 bits per heavy atom. The standard InChI is InChI=1S/C12H14ClNO4/c1-2-3-9(12(17)18)14-11(16)8-6-7(13)4-5-10(8)15/h4-6,9,15H,2-3H2,1H3,(H,14,16)(H,17,18). The number of hydrogen-bond acceptors (Lipinski definition) is 3. The van der Waals surface area contributed by atoms with Crippen LogP contribution in [-0.4, -0.2) is 28.1 Å². The minimum atomic E-state index is -1.10. The van der Waals surface area contributed by atoms with Crippen molar-refractivity contribution in [2.24, 2.45) is 0 Å². The summed E-state index contributed by atoms with van der Waals surface area (Å²) in [5.41, 5.74) is -0.0372. The number of aromatic hydroxyl groups is 1. The Morgan fingerprint density at radius 2 is 2.11 bits per heavy atom. The number of rotatable bonds is 5. The average molecular weight is 272 g/mol. The molecule has 1 atom stereocenters. The first-order valence-electron chi connectivity index (χ1n) is 5.48. The summed E-state index contributed by atoms with van der Waals surface area (Å²) in [6.07, 6.45) is 0.946. The Bertz CT molecular complexity index is 461. The van der Waals surface area contributed by atoms with E-state index in [0.29, 0.717) is 17.9 Å². The van der Waals surface area contributed by atoms with E-state index in [9.17, 15) is 14.7 Å². The van der Waals surface area contributed by atoms with Gasteiger partial charge in [0.1, 0.15) is 11.8 Å². The summed E-state index contributed by atoms with van der Waals surface area (Å²) in [5, 5.41) is 21.1. The molecule has 0 aromatic heterocycles. The number of carbonyl (C=O) groups excluding carboxylic acids is 1. The minimum absolute atomic E-state index is 0.0372. The van der Waals surface area contributed by atoms with Crippen molar-refractivity contribution in [3.05, 3.63) is 28.8 Å². The molecular formula is C12H14ClNO4. The van der Waals surface area contributed by atoms with Crippen molar-refractivity contribution < 1.29 is 19.8 Å². The molecule has 98 valence electrons. The van der Waals surface area contributed by atoms with Crippen molar-refractivity contribution in [1.29, 1.82) is 0 Å². The van der Waals surface area contributed by atoms with Gasteiger partial charge in [-0.1, -0.05) is 24.9 Å². The van der Waals surface area contributed by atoms with Crippen LogP contribution in [0.25, 0.3) is 0 Å². The number of carbonyl (C=O) groups is 2. The second-order valence-corrected chi connectivity index (χ2v) is 4.25. The highest BCUT2D eigenvalue weighted by atomic mass is 35.5. The number of benzene rings is 1. The SMILES string of the molecule is CCCC(NC(=O)c1cc(Cl)ccc1O)C(=O)O. The molecule has 0 aliphatic heterocycles. The second kappa shape index (κ2) is 6.26. The van der Waals surface area contributed by atoms with Gasteiger partial charge in [-0.2, -0.15) is 0 Å². The molecule has 0 saturated carbocycles. The van der Waals surface area contributed by atoms with E-state index in [2.05, 4.69) is 5.32 Å². The lowest BCUT2D eigenvalue weighted by atomic mass is 10.1. The summed E-state index contributed by atoms with van der Waals surface area (Å²) in [6, 6.07) is 3.04. The molecular weight excluding hydrogens is 258 g/mol. The second-order valence-electron chi connectivity index (χ2n) is 3.81. The van der Waals surface area contributed by atoms with Gasteiger partial charge in [-0.15, -0.1) is 0 Å². The molecule has 0 heterocycles. The van der Waals surface area contributed by atoms with Crippen molar-refractivity contribution in [3.63, 3.8) is 0 Å². The Hall–Kier alpha value is -1.75. The quantitative estimate of drug-likeness (QED) is 0.765. The van der Waals surface area contributed by atoms with Crippen LogP contribution >= 0.6 is 11.6 Å². The maximum absolute atomic E-state index is 11.8. The molecule has 0 aliphatic rings. The number of carboxylic acids is 1. The summed E-state index contributed by atoms with van der Waals surface area (Å²) in [7, 11) is 0. The molecule has 5 nitrogen and oxygen atoms in total. The number of hydrogen-bond donors (Lipinski definition) is 3. The summed E-state index contributed by atoms with van der Waals surface area (Å²) >= 11 is 5.71. The van der Waals surface area contributed by atoms with Crippen LogP contribution in [0.2, 0.25) is 5.02 Å². The smallest absolute Gasteiger partial charge is 0.326 e. The molecule has 1 amide bonds. The molecule has 6 heteroatoms. The molecule has 1 rings (SSSR count). The van der Waals surface area contributed by atoms with Crippen LogP contribution in [-0.2, 0) is 4.79 Å². The van der Waals surface area contributed by atoms with Crippen molar-refractivity contribution in [1.82, 2.24) is 5.32 Å². The fourth-order valence-electron chi connectivity index (χ4n) is 1.47. The van der Waals surface area contributed by atoms with Crippen LogP contribution < -0.4 is 5.32 Å². The molecule has 0 aliphatic carbocycles. The predicted octanol–water partition coefficient (Wildman–Crippen LogP) is 2.03. The fraction of sp³-hybridized carbons (Fsp3) is 0.333. The Morgan fingerprint density at radius 3 is 2.67 bits per heavy atom. The zero-order valence-electron chi connectivity index (χ0n) is 9.81. The largest absolute Gasteiger partial charge is 0.507 e. The van der Waals surface area contributed by atoms with Crippen molar-refractivity contribution in [2.45, 2.75) is 25.8 Å². The molecule has 3 N–H and O–H groups in total. The van der Waals surface area contributed by atoms with Gasteiger partial charge in [-0.05, 0) is 24.6 Å². The van der Waals surface area contributed by atoms with Gasteiger partial charge < -0.3 is 15.5 Å². The molecule has 1 unspecified atom stereocenters. The number of halogens is 1. The van der Waals surface area contributed by atoms with Crippen LogP contribution in [0, 0.1) is 0 Å². The fourth-order valence-corrected chi connectivity index (χ4v) is 1.64. The Balaban J connectivity index is 2.86. The first-order chi connectivity index (χ1) is 8.45. The van der Waals surface area contributed by atoms with E-state index in [4.69, 9.17) is 16.7 Å². The number of carboxylic acid groups (broad SMARTS) is 1. The third kappa shape index (κ3) is 3.63. The molecule has 0 bridgehead atoms. The monoisotopic (exact) mass is 271 g/mol. The summed E-state index contributed by atoms with van der Waals surface area (Å²) in [4.78, 5) is 22.7. The van der Waals surface area contributed by atoms with E-state index in [0.717, 1.165) is 0 Å². The van der Waals surface area contributed by atoms with Gasteiger partial charge in [0, 0.05) is 5.02 Å². The first-order valence-corrected chi connectivity index (χ1v) is 5.85. The summed E-state index contributed by atoms with van der Waals surface area (Å²) in [6.45, 7) is 1.82. The number of nitrogens with one attached hydrogen (secondary N) is 1. The molecule has 0 saturated heterocycles. The van der Waals surface area contributed by atoms with Crippen molar-refractivity contribution in [3.8, 4) is 5.75 Å². The zero-order chi connectivity index (χ0) is 13.7. The van der Waals surface area contributed by atoms with Crippen LogP contribution in [0.3, 0.4) is 0 Å². The highest BCUT2D eigenvalue weighted by Gasteiger charge is 2.21. The van der Waals surface area contributed by atoms with E-state index in [-0.39, 0.29) is 11.3 Å². The molecule has 0 fully saturated rings. The summed E-state index contributed by atoms with van der Waals surface area (Å²) < 4.78 is 0. The third-order valence-corrected chi connectivity index (χ3v) is 2.62. The van der Waals surface area contributed by atoms with Crippen molar-refractivity contribution in [2.75, 3.05) is 0 Å². The Labute approximate surface area is 109 Å². The average Bonchev–Trinajstić information content (AvgIpc) is 2.31. The van der Waals surface area contributed by atoms with E-state index < -0.39 is 17.9 Å². The highest BCUT2D eigenvalue weighted by molar-refractivity contribution is 6.31. The maximum Gasteiger partial charge on any atom is 0.326 e. The third-order valence-electron chi connectivity index (χ3n) is 2.38. The topological polar surface area (TPSA) is 86.6 Å². The summed E-state index contributed by atoms with van der Waals surface area (Å²) in [5.74, 6) is -2.00. The number of phenols is 1. The van der Waals surface area contributed by atoms with Gasteiger partial charge in [0.2, 0.25) is 0 Å². The zero-order valence-corrected chi connectivity index (χ0v) is 10.6. The van der Waals surface area contributed by atoms with Crippen LogP contribution in [0.1, 0.15) is 30.1 Å². The number of phenolic OH excluding ortho intramolecular Hbond substituents is 1. The van der Waals surface area contributed by atoms with E-state index in [1.807, 2.05) is 6.92 Å². The van der Waals surface area contributed by atoms with Crippen LogP contribution in [0.4, 0.5) is 0 Å². The van der Waals surface area contributed by atoms with Gasteiger partial charge in [-0.25, -0.2) is 4.79 Å². The van der Waals surface area contributed by atoms with Crippen LogP contribution in [0.15, 0.2) is 18.2 Å². The highest BCUT2D eigenvalue weighted by Crippen LogP contribution is 2.21. The van der Waals surface area contributed by atoms with E-state index in [1.165, 1.54) is 18.2 Å². The number of aliphatic carboxylic acids is 1. The van der Waals surface area contributed by atoms with E-state index >= 15 is 0 Å². The van der Waals surface area contributed by atoms with Gasteiger partial charge >= 0.3 is 5.97 Å². The lowest BCUT2D eigenvalue weighted by Crippen LogP contribution is -2.40. The Kier molecular flexibility index (Phi) is 4.97. The molecule has 18 heavy (non-hydrogen) atoms. The molecule has 0 radical (unpaired) electrons. The van der Waals surface area contributed by atoms with Crippen LogP contribution in [0.5, 0.6) is 5.75 Å². The molecule has 1 aromatic carbocycles. The number of amides is 1. The lowest BCUT2D eigenvalue weighted by Gasteiger charge is -2.14. The lowest BCUT2D eigenvalue weighted by molar-refractivity contribution is -0.139. The van der Waals surface area contributed by atoms with Gasteiger partial charge in [0.05, 0.1) is 5.56 Å². The minimum Gasteiger partial charge on any atom is -0.507 e. The van der Waals surface area contributed by atoms with Gasteiger partial charge in [0.25, 0.3) is 5.91 Å². The van der Waals surface area contributed by atoms with E-state index in [1.54, 1.807) is 0 Å². The van der Waals surface area contributed by atoms with Crippen molar-refractivity contribution >= 4 is 23.5 Å². The maximum atomic E-state index is 11.8. The first kappa shape index (κ1) is 14.3. The normalized spacial score (nSPS) is 11.9. The van der Waals surface area contributed by atoms with Gasteiger partial charge in [-0.3, -0.25) is 4.79 Å². The predicted molar refractivity (Wildman–Crippen MR) is 66.9 cm³/mol. The van der Waals surface area contributed by atoms with Gasteiger partial charge in [0.15, 0.2) is 0 Å².